The molecule has 0 amide bonds. The van der Waals surface area contributed by atoms with Crippen molar-refractivity contribution in [1.82, 2.24) is 0 Å². The lowest BCUT2D eigenvalue weighted by molar-refractivity contribution is 0.112. The second-order valence-electron chi connectivity index (χ2n) is 4.15. The number of para-hydroxylation sites is 1. The van der Waals surface area contributed by atoms with Gasteiger partial charge in [0.05, 0.1) is 14.2 Å². The third-order valence-corrected chi connectivity index (χ3v) is 3.05. The molecule has 3 nitrogen and oxygen atoms in total. The van der Waals surface area contributed by atoms with Crippen LogP contribution in [-0.4, -0.2) is 20.5 Å². The number of ether oxygens (including phenoxy) is 2. The van der Waals surface area contributed by atoms with Gasteiger partial charge in [-0.2, -0.15) is 0 Å². The number of aldehydes is 1. The molecule has 3 heteroatoms. The molecular formula is C16H16O3. The summed E-state index contributed by atoms with van der Waals surface area (Å²) < 4.78 is 10.7. The zero-order chi connectivity index (χ0) is 13.7. The predicted molar refractivity (Wildman–Crippen MR) is 74.2 cm³/mol. The maximum atomic E-state index is 11.0. The number of rotatable bonds is 5. The molecule has 19 heavy (non-hydrogen) atoms. The minimum Gasteiger partial charge on any atom is -0.493 e. The Balaban J connectivity index is 2.40. The largest absolute Gasteiger partial charge is 0.493 e. The van der Waals surface area contributed by atoms with Crippen LogP contribution in [-0.2, 0) is 6.42 Å². The Morgan fingerprint density at radius 2 is 1.68 bits per heavy atom. The van der Waals surface area contributed by atoms with Gasteiger partial charge in [-0.25, -0.2) is 0 Å². The second-order valence-corrected chi connectivity index (χ2v) is 4.15. The van der Waals surface area contributed by atoms with E-state index in [0.717, 1.165) is 17.4 Å². The molecule has 0 aliphatic carbocycles. The third kappa shape index (κ3) is 2.76. The molecular weight excluding hydrogens is 240 g/mol. The highest BCUT2D eigenvalue weighted by Crippen LogP contribution is 2.32. The van der Waals surface area contributed by atoms with Gasteiger partial charge in [0.25, 0.3) is 0 Å². The molecule has 0 bridgehead atoms. The van der Waals surface area contributed by atoms with Crippen LogP contribution >= 0.6 is 0 Å². The van der Waals surface area contributed by atoms with E-state index in [1.54, 1.807) is 14.2 Å². The highest BCUT2D eigenvalue weighted by Gasteiger charge is 2.11. The van der Waals surface area contributed by atoms with Gasteiger partial charge >= 0.3 is 0 Å². The standard InChI is InChI=1S/C16H16O3/c1-18-15-9-5-8-13(16(15)19-2)10-12-6-3-4-7-14(12)11-17/h3-9,11H,10H2,1-2H3. The summed E-state index contributed by atoms with van der Waals surface area (Å²) in [6, 6.07) is 13.3. The summed E-state index contributed by atoms with van der Waals surface area (Å²) in [7, 11) is 3.23. The molecule has 2 aromatic rings. The highest BCUT2D eigenvalue weighted by atomic mass is 16.5. The lowest BCUT2D eigenvalue weighted by Gasteiger charge is -2.13. The Morgan fingerprint density at radius 3 is 2.37 bits per heavy atom. The van der Waals surface area contributed by atoms with Crippen molar-refractivity contribution in [2.24, 2.45) is 0 Å². The van der Waals surface area contributed by atoms with E-state index in [9.17, 15) is 4.79 Å². The van der Waals surface area contributed by atoms with Crippen molar-refractivity contribution >= 4 is 6.29 Å². The van der Waals surface area contributed by atoms with E-state index >= 15 is 0 Å². The van der Waals surface area contributed by atoms with Gasteiger partial charge in [-0.3, -0.25) is 4.79 Å². The van der Waals surface area contributed by atoms with Crippen molar-refractivity contribution in [3.8, 4) is 11.5 Å². The van der Waals surface area contributed by atoms with Crippen LogP contribution in [0.5, 0.6) is 11.5 Å². The summed E-state index contributed by atoms with van der Waals surface area (Å²) >= 11 is 0. The van der Waals surface area contributed by atoms with Crippen LogP contribution in [0.2, 0.25) is 0 Å². The molecule has 0 saturated heterocycles. The predicted octanol–water partition coefficient (Wildman–Crippen LogP) is 3.11. The van der Waals surface area contributed by atoms with E-state index in [1.165, 1.54) is 0 Å². The van der Waals surface area contributed by atoms with Crippen LogP contribution in [0.3, 0.4) is 0 Å². The summed E-state index contributed by atoms with van der Waals surface area (Å²) in [5, 5.41) is 0. The SMILES string of the molecule is COc1cccc(Cc2ccccc2C=O)c1OC. The average molecular weight is 256 g/mol. The zero-order valence-electron chi connectivity index (χ0n) is 11.1. The van der Waals surface area contributed by atoms with Gasteiger partial charge < -0.3 is 9.47 Å². The lowest BCUT2D eigenvalue weighted by atomic mass is 9.99. The average Bonchev–Trinajstić information content (AvgIpc) is 2.47. The smallest absolute Gasteiger partial charge is 0.164 e. The number of carbonyl (C=O) groups is 1. The second kappa shape index (κ2) is 6.05. The van der Waals surface area contributed by atoms with Gasteiger partial charge in [0.1, 0.15) is 6.29 Å². The molecule has 0 aliphatic rings. The summed E-state index contributed by atoms with van der Waals surface area (Å²) in [6.07, 6.45) is 1.51. The number of benzene rings is 2. The maximum Gasteiger partial charge on any atom is 0.164 e. The highest BCUT2D eigenvalue weighted by molar-refractivity contribution is 5.77. The summed E-state index contributed by atoms with van der Waals surface area (Å²) in [5.74, 6) is 1.41. The molecule has 2 aromatic carbocycles. The monoisotopic (exact) mass is 256 g/mol. The fourth-order valence-corrected chi connectivity index (χ4v) is 2.11. The first-order chi connectivity index (χ1) is 9.30. The van der Waals surface area contributed by atoms with Crippen LogP contribution < -0.4 is 9.47 Å². The minimum absolute atomic E-state index is 0.634. The first-order valence-electron chi connectivity index (χ1n) is 6.03. The summed E-state index contributed by atoms with van der Waals surface area (Å²) in [6.45, 7) is 0. The van der Waals surface area contributed by atoms with E-state index in [4.69, 9.17) is 9.47 Å². The van der Waals surface area contributed by atoms with Crippen molar-refractivity contribution in [3.63, 3.8) is 0 Å². The molecule has 2 rings (SSSR count). The Morgan fingerprint density at radius 1 is 0.947 bits per heavy atom. The third-order valence-electron chi connectivity index (χ3n) is 3.05. The Labute approximate surface area is 112 Å². The fourth-order valence-electron chi connectivity index (χ4n) is 2.11. The van der Waals surface area contributed by atoms with Crippen LogP contribution in [0, 0.1) is 0 Å². The van der Waals surface area contributed by atoms with E-state index in [2.05, 4.69) is 0 Å². The fraction of sp³-hybridized carbons (Fsp3) is 0.188. The molecule has 0 fully saturated rings. The van der Waals surface area contributed by atoms with Crippen molar-refractivity contribution < 1.29 is 14.3 Å². The lowest BCUT2D eigenvalue weighted by Crippen LogP contribution is -1.99. The normalized spacial score (nSPS) is 10.0. The van der Waals surface area contributed by atoms with Crippen LogP contribution in [0.15, 0.2) is 42.5 Å². The Hall–Kier alpha value is -2.29. The van der Waals surface area contributed by atoms with Gasteiger partial charge in [0, 0.05) is 17.5 Å². The number of methoxy groups -OCH3 is 2. The molecule has 0 radical (unpaired) electrons. The topological polar surface area (TPSA) is 35.5 Å². The van der Waals surface area contributed by atoms with Crippen LogP contribution in [0.4, 0.5) is 0 Å². The summed E-state index contributed by atoms with van der Waals surface area (Å²) in [5.41, 5.74) is 2.67. The van der Waals surface area contributed by atoms with Crippen LogP contribution in [0.25, 0.3) is 0 Å². The van der Waals surface area contributed by atoms with E-state index in [1.807, 2.05) is 42.5 Å². The molecule has 0 heterocycles. The minimum atomic E-state index is 0.634. The van der Waals surface area contributed by atoms with E-state index in [-0.39, 0.29) is 0 Å². The van der Waals surface area contributed by atoms with Crippen LogP contribution in [0.1, 0.15) is 21.5 Å². The Bertz CT molecular complexity index is 576. The van der Waals surface area contributed by atoms with Crippen molar-refractivity contribution in [1.29, 1.82) is 0 Å². The maximum absolute atomic E-state index is 11.0. The molecule has 0 atom stereocenters. The number of hydrogen-bond donors (Lipinski definition) is 0. The summed E-state index contributed by atoms with van der Waals surface area (Å²) in [4.78, 5) is 11.0. The van der Waals surface area contributed by atoms with Gasteiger partial charge in [0.2, 0.25) is 0 Å². The van der Waals surface area contributed by atoms with Gasteiger partial charge in [-0.15, -0.1) is 0 Å². The van der Waals surface area contributed by atoms with Crippen molar-refractivity contribution in [3.05, 3.63) is 59.2 Å². The van der Waals surface area contributed by atoms with Crippen molar-refractivity contribution in [2.75, 3.05) is 14.2 Å². The van der Waals surface area contributed by atoms with E-state index < -0.39 is 0 Å². The quantitative estimate of drug-likeness (QED) is 0.771. The molecule has 0 unspecified atom stereocenters. The molecule has 0 aromatic heterocycles. The van der Waals surface area contributed by atoms with Gasteiger partial charge in [0.15, 0.2) is 11.5 Å². The molecule has 0 spiro atoms. The molecule has 0 aliphatic heterocycles. The molecule has 0 N–H and O–H groups in total. The zero-order valence-corrected chi connectivity index (χ0v) is 11.1. The van der Waals surface area contributed by atoms with Gasteiger partial charge in [-0.1, -0.05) is 36.4 Å². The number of carbonyl (C=O) groups excluding carboxylic acids is 1. The van der Waals surface area contributed by atoms with Crippen molar-refractivity contribution in [2.45, 2.75) is 6.42 Å². The molecule has 98 valence electrons. The number of hydrogen-bond acceptors (Lipinski definition) is 3. The Kier molecular flexibility index (Phi) is 4.18. The van der Waals surface area contributed by atoms with Gasteiger partial charge in [-0.05, 0) is 11.6 Å². The first-order valence-corrected chi connectivity index (χ1v) is 6.03. The van der Waals surface area contributed by atoms with E-state index in [0.29, 0.717) is 23.5 Å². The molecule has 0 saturated carbocycles. The first kappa shape index (κ1) is 13.1.